The zero-order valence-electron chi connectivity index (χ0n) is 17.2. The van der Waals surface area contributed by atoms with Crippen LogP contribution in [0.15, 0.2) is 48.5 Å². The highest BCUT2D eigenvalue weighted by Gasteiger charge is 2.44. The van der Waals surface area contributed by atoms with Crippen LogP contribution in [0.25, 0.3) is 0 Å². The molecule has 1 saturated heterocycles. The smallest absolute Gasteiger partial charge is 0.317 e. The van der Waals surface area contributed by atoms with Crippen LogP contribution in [0.2, 0.25) is 0 Å². The Labute approximate surface area is 171 Å². The molecule has 1 fully saturated rings. The van der Waals surface area contributed by atoms with Crippen molar-refractivity contribution in [1.82, 2.24) is 4.90 Å². The molecular weight excluding hydrogens is 366 g/mol. The summed E-state index contributed by atoms with van der Waals surface area (Å²) in [6.07, 6.45) is 0.959. The highest BCUT2D eigenvalue weighted by Crippen LogP contribution is 2.37. The molecule has 1 aliphatic rings. The SMILES string of the molecule is CC(=O)N1CCC(C(=O)OCC(=O)c2cc(C)ccc2C)(c2ccccc2)CC1. The number of ether oxygens (including phenoxy) is 1. The van der Waals surface area contributed by atoms with E-state index < -0.39 is 11.4 Å². The molecule has 0 N–H and O–H groups in total. The fraction of sp³-hybridized carbons (Fsp3) is 0.375. The Kier molecular flexibility index (Phi) is 6.16. The van der Waals surface area contributed by atoms with E-state index in [4.69, 9.17) is 4.74 Å². The van der Waals surface area contributed by atoms with Gasteiger partial charge in [0, 0.05) is 25.6 Å². The second-order valence-electron chi connectivity index (χ2n) is 7.77. The molecule has 1 heterocycles. The van der Waals surface area contributed by atoms with Gasteiger partial charge in [-0.3, -0.25) is 14.4 Å². The van der Waals surface area contributed by atoms with Crippen LogP contribution in [0, 0.1) is 13.8 Å². The van der Waals surface area contributed by atoms with E-state index in [1.807, 2.05) is 62.4 Å². The number of hydrogen-bond donors (Lipinski definition) is 0. The van der Waals surface area contributed by atoms with E-state index in [1.165, 1.54) is 6.92 Å². The monoisotopic (exact) mass is 393 g/mol. The number of aryl methyl sites for hydroxylation is 2. The molecule has 0 spiro atoms. The Balaban J connectivity index is 1.78. The van der Waals surface area contributed by atoms with Crippen molar-refractivity contribution in [2.24, 2.45) is 0 Å². The van der Waals surface area contributed by atoms with Crippen molar-refractivity contribution in [1.29, 1.82) is 0 Å². The Morgan fingerprint density at radius 1 is 1.00 bits per heavy atom. The first-order valence-corrected chi connectivity index (χ1v) is 9.92. The molecule has 3 rings (SSSR count). The van der Waals surface area contributed by atoms with E-state index in [9.17, 15) is 14.4 Å². The molecule has 0 aliphatic carbocycles. The average molecular weight is 393 g/mol. The topological polar surface area (TPSA) is 63.7 Å². The third-order valence-corrected chi connectivity index (χ3v) is 5.81. The Morgan fingerprint density at radius 3 is 2.28 bits per heavy atom. The Morgan fingerprint density at radius 2 is 1.66 bits per heavy atom. The van der Waals surface area contributed by atoms with Crippen LogP contribution in [0.5, 0.6) is 0 Å². The minimum absolute atomic E-state index is 0.00475. The van der Waals surface area contributed by atoms with Gasteiger partial charge in [-0.15, -0.1) is 0 Å². The molecule has 5 heteroatoms. The summed E-state index contributed by atoms with van der Waals surface area (Å²) in [5.74, 6) is -0.598. The lowest BCUT2D eigenvalue weighted by Gasteiger charge is -2.40. The summed E-state index contributed by atoms with van der Waals surface area (Å²) < 4.78 is 5.55. The molecule has 0 radical (unpaired) electrons. The molecule has 5 nitrogen and oxygen atoms in total. The normalized spacial score (nSPS) is 15.6. The highest BCUT2D eigenvalue weighted by atomic mass is 16.5. The molecule has 2 aromatic rings. The van der Waals surface area contributed by atoms with Crippen LogP contribution in [0.4, 0.5) is 0 Å². The lowest BCUT2D eigenvalue weighted by molar-refractivity contribution is -0.153. The number of ketones is 1. The van der Waals surface area contributed by atoms with Crippen LogP contribution in [0.3, 0.4) is 0 Å². The predicted molar refractivity (Wildman–Crippen MR) is 111 cm³/mol. The van der Waals surface area contributed by atoms with E-state index >= 15 is 0 Å². The van der Waals surface area contributed by atoms with E-state index in [-0.39, 0.29) is 18.3 Å². The summed E-state index contributed by atoms with van der Waals surface area (Å²) in [5.41, 5.74) is 2.46. The first kappa shape index (κ1) is 20.8. The maximum absolute atomic E-state index is 13.2. The summed E-state index contributed by atoms with van der Waals surface area (Å²) in [6.45, 7) is 6.03. The second-order valence-corrected chi connectivity index (χ2v) is 7.77. The van der Waals surface area contributed by atoms with E-state index in [0.717, 1.165) is 16.7 Å². The zero-order valence-corrected chi connectivity index (χ0v) is 17.2. The number of rotatable bonds is 5. The Bertz CT molecular complexity index is 912. The number of carbonyl (C=O) groups is 3. The summed E-state index contributed by atoms with van der Waals surface area (Å²) in [4.78, 5) is 39.3. The van der Waals surface area contributed by atoms with Gasteiger partial charge in [0.15, 0.2) is 6.61 Å². The number of piperidine rings is 1. The molecule has 0 unspecified atom stereocenters. The van der Waals surface area contributed by atoms with Gasteiger partial charge in [0.1, 0.15) is 0 Å². The Hall–Kier alpha value is -2.95. The first-order chi connectivity index (χ1) is 13.8. The third-order valence-electron chi connectivity index (χ3n) is 5.81. The summed E-state index contributed by atoms with van der Waals surface area (Å²) in [6, 6.07) is 15.2. The lowest BCUT2D eigenvalue weighted by Crippen LogP contribution is -2.49. The quantitative estimate of drug-likeness (QED) is 0.575. The van der Waals surface area contributed by atoms with Gasteiger partial charge >= 0.3 is 5.97 Å². The zero-order chi connectivity index (χ0) is 21.0. The van der Waals surface area contributed by atoms with Gasteiger partial charge in [0.05, 0.1) is 5.41 Å². The first-order valence-electron chi connectivity index (χ1n) is 9.92. The maximum Gasteiger partial charge on any atom is 0.317 e. The summed E-state index contributed by atoms with van der Waals surface area (Å²) in [5, 5.41) is 0. The van der Waals surface area contributed by atoms with E-state index in [2.05, 4.69) is 0 Å². The van der Waals surface area contributed by atoms with Crippen LogP contribution in [-0.2, 0) is 19.7 Å². The van der Waals surface area contributed by atoms with Crippen LogP contribution >= 0.6 is 0 Å². The standard InChI is InChI=1S/C24H27NO4/c1-17-9-10-18(2)21(15-17)22(27)16-29-23(28)24(20-7-5-4-6-8-20)11-13-25(14-12-24)19(3)26/h4-10,15H,11-14,16H2,1-3H3. The molecule has 1 aliphatic heterocycles. The molecule has 29 heavy (non-hydrogen) atoms. The predicted octanol–water partition coefficient (Wildman–Crippen LogP) is 3.61. The fourth-order valence-corrected chi connectivity index (χ4v) is 3.95. The van der Waals surface area contributed by atoms with E-state index in [0.29, 0.717) is 31.5 Å². The van der Waals surface area contributed by atoms with Gasteiger partial charge in [-0.2, -0.15) is 0 Å². The molecular formula is C24H27NO4. The van der Waals surface area contributed by atoms with Gasteiger partial charge in [-0.05, 0) is 43.9 Å². The van der Waals surface area contributed by atoms with E-state index in [1.54, 1.807) is 4.90 Å². The van der Waals surface area contributed by atoms with Crippen molar-refractivity contribution in [3.05, 3.63) is 70.8 Å². The summed E-state index contributed by atoms with van der Waals surface area (Å²) >= 11 is 0. The van der Waals surface area contributed by atoms with Gasteiger partial charge < -0.3 is 9.64 Å². The number of carbonyl (C=O) groups excluding carboxylic acids is 3. The third kappa shape index (κ3) is 4.39. The fourth-order valence-electron chi connectivity index (χ4n) is 3.95. The largest absolute Gasteiger partial charge is 0.457 e. The number of Topliss-reactive ketones (excluding diaryl/α,β-unsaturated/α-hetero) is 1. The van der Waals surface area contributed by atoms with Crippen molar-refractivity contribution in [3.8, 4) is 0 Å². The van der Waals surface area contributed by atoms with Crippen molar-refractivity contribution in [2.45, 2.75) is 39.0 Å². The summed E-state index contributed by atoms with van der Waals surface area (Å²) in [7, 11) is 0. The molecule has 0 aromatic heterocycles. The van der Waals surface area contributed by atoms with Crippen molar-refractivity contribution in [3.63, 3.8) is 0 Å². The number of hydrogen-bond acceptors (Lipinski definition) is 4. The van der Waals surface area contributed by atoms with Gasteiger partial charge in [-0.1, -0.05) is 48.0 Å². The number of amides is 1. The molecule has 1 amide bonds. The molecule has 0 atom stereocenters. The highest BCUT2D eigenvalue weighted by molar-refractivity contribution is 5.99. The van der Waals surface area contributed by atoms with Crippen molar-refractivity contribution < 1.29 is 19.1 Å². The van der Waals surface area contributed by atoms with Crippen molar-refractivity contribution in [2.75, 3.05) is 19.7 Å². The molecule has 0 saturated carbocycles. The molecule has 0 bridgehead atoms. The van der Waals surface area contributed by atoms with Gasteiger partial charge in [0.2, 0.25) is 11.7 Å². The van der Waals surface area contributed by atoms with Gasteiger partial charge in [-0.25, -0.2) is 0 Å². The number of benzene rings is 2. The second kappa shape index (κ2) is 8.60. The van der Waals surface area contributed by atoms with Crippen LogP contribution in [-0.4, -0.2) is 42.3 Å². The lowest BCUT2D eigenvalue weighted by atomic mass is 9.72. The van der Waals surface area contributed by atoms with Gasteiger partial charge in [0.25, 0.3) is 0 Å². The number of likely N-dealkylation sites (tertiary alicyclic amines) is 1. The molecule has 2 aromatic carbocycles. The number of esters is 1. The minimum Gasteiger partial charge on any atom is -0.457 e. The van der Waals surface area contributed by atoms with Crippen molar-refractivity contribution >= 4 is 17.7 Å². The van der Waals surface area contributed by atoms with Crippen LogP contribution < -0.4 is 0 Å². The maximum atomic E-state index is 13.2. The van der Waals surface area contributed by atoms with Crippen LogP contribution in [0.1, 0.15) is 46.8 Å². The minimum atomic E-state index is -0.838. The average Bonchev–Trinajstić information content (AvgIpc) is 2.74. The number of nitrogens with zero attached hydrogens (tertiary/aromatic N) is 1. The molecule has 152 valence electrons.